The Kier molecular flexibility index (Phi) is 4.60. The van der Waals surface area contributed by atoms with Crippen LogP contribution in [0.15, 0.2) is 0 Å². The van der Waals surface area contributed by atoms with Crippen molar-refractivity contribution in [2.24, 2.45) is 0 Å². The molecule has 0 bridgehead atoms. The average molecular weight is 278 g/mol. The van der Waals surface area contributed by atoms with Gasteiger partial charge in [0.15, 0.2) is 9.84 Å². The number of hydrogen-bond donors (Lipinski definition) is 2. The highest BCUT2D eigenvalue weighted by Gasteiger charge is 2.40. The molecule has 0 aromatic carbocycles. The zero-order valence-electron chi connectivity index (χ0n) is 10.5. The van der Waals surface area contributed by atoms with E-state index in [4.69, 9.17) is 5.11 Å². The van der Waals surface area contributed by atoms with Crippen molar-refractivity contribution < 1.29 is 18.6 Å². The molecule has 6 nitrogen and oxygen atoms in total. The van der Waals surface area contributed by atoms with Gasteiger partial charge in [0.2, 0.25) is 0 Å². The van der Waals surface area contributed by atoms with Gasteiger partial charge in [-0.25, -0.2) is 8.42 Å². The molecule has 18 heavy (non-hydrogen) atoms. The van der Waals surface area contributed by atoms with Gasteiger partial charge in [-0.05, 0) is 19.5 Å². The Morgan fingerprint density at radius 1 is 1.11 bits per heavy atom. The third kappa shape index (κ3) is 3.42. The maximum Gasteiger partial charge on any atom is 0.154 e. The second-order valence-corrected chi connectivity index (χ2v) is 7.32. The van der Waals surface area contributed by atoms with Gasteiger partial charge < -0.3 is 10.2 Å². The van der Waals surface area contributed by atoms with Crippen LogP contribution < -0.4 is 0 Å². The van der Waals surface area contributed by atoms with Crippen LogP contribution in [0.25, 0.3) is 0 Å². The molecule has 7 heteroatoms. The van der Waals surface area contributed by atoms with Crippen LogP contribution in [0.4, 0.5) is 0 Å². The highest BCUT2D eigenvalue weighted by Crippen LogP contribution is 2.19. The molecular weight excluding hydrogens is 256 g/mol. The normalized spacial score (nSPS) is 34.6. The molecule has 2 aliphatic heterocycles. The van der Waals surface area contributed by atoms with Crippen LogP contribution in [-0.2, 0) is 9.84 Å². The van der Waals surface area contributed by atoms with Crippen molar-refractivity contribution in [3.05, 3.63) is 0 Å². The Morgan fingerprint density at radius 2 is 1.89 bits per heavy atom. The van der Waals surface area contributed by atoms with Gasteiger partial charge in [0, 0.05) is 19.6 Å². The molecule has 0 spiro atoms. The summed E-state index contributed by atoms with van der Waals surface area (Å²) < 4.78 is 23.0. The smallest absolute Gasteiger partial charge is 0.154 e. The van der Waals surface area contributed by atoms with Crippen molar-refractivity contribution in [1.29, 1.82) is 0 Å². The Balaban J connectivity index is 1.94. The summed E-state index contributed by atoms with van der Waals surface area (Å²) in [5.41, 5.74) is 0. The topological polar surface area (TPSA) is 81.1 Å². The van der Waals surface area contributed by atoms with Gasteiger partial charge in [0.25, 0.3) is 0 Å². The number of hydrogen-bond acceptors (Lipinski definition) is 6. The molecule has 2 fully saturated rings. The van der Waals surface area contributed by atoms with Crippen molar-refractivity contribution in [2.45, 2.75) is 18.6 Å². The second kappa shape index (κ2) is 5.83. The Labute approximate surface area is 108 Å². The van der Waals surface area contributed by atoms with Crippen LogP contribution in [0.2, 0.25) is 0 Å². The number of nitrogens with zero attached hydrogens (tertiary/aromatic N) is 2. The zero-order chi connectivity index (χ0) is 13.2. The van der Waals surface area contributed by atoms with Crippen molar-refractivity contribution in [3.63, 3.8) is 0 Å². The lowest BCUT2D eigenvalue weighted by Crippen LogP contribution is -2.45. The first-order valence-corrected chi connectivity index (χ1v) is 8.30. The van der Waals surface area contributed by atoms with E-state index in [-0.39, 0.29) is 24.2 Å². The summed E-state index contributed by atoms with van der Waals surface area (Å²) in [7, 11) is -3.07. The minimum Gasteiger partial charge on any atom is -0.395 e. The highest BCUT2D eigenvalue weighted by atomic mass is 32.2. The van der Waals surface area contributed by atoms with E-state index in [1.807, 2.05) is 0 Å². The molecule has 2 atom stereocenters. The van der Waals surface area contributed by atoms with Crippen molar-refractivity contribution >= 4 is 9.84 Å². The standard InChI is InChI=1S/C11H22N2O4S/c14-7-6-12-2-1-3-13(5-4-12)10-8-18(16,17)9-11(10)15/h10-11,14-15H,1-9H2. The zero-order valence-corrected chi connectivity index (χ0v) is 11.3. The number of sulfone groups is 1. The molecule has 0 radical (unpaired) electrons. The van der Waals surface area contributed by atoms with Crippen molar-refractivity contribution in [2.75, 3.05) is 50.8 Å². The molecule has 2 aliphatic rings. The van der Waals surface area contributed by atoms with Crippen LogP contribution in [0, 0.1) is 0 Å². The molecule has 106 valence electrons. The van der Waals surface area contributed by atoms with Crippen molar-refractivity contribution in [3.8, 4) is 0 Å². The predicted molar refractivity (Wildman–Crippen MR) is 68.2 cm³/mol. The lowest BCUT2D eigenvalue weighted by molar-refractivity contribution is 0.0847. The molecule has 0 saturated carbocycles. The van der Waals surface area contributed by atoms with E-state index in [1.54, 1.807) is 0 Å². The van der Waals surface area contributed by atoms with Crippen LogP contribution in [0.3, 0.4) is 0 Å². The summed E-state index contributed by atoms with van der Waals surface area (Å²) in [6.45, 7) is 4.15. The average Bonchev–Trinajstić information content (AvgIpc) is 2.49. The quantitative estimate of drug-likeness (QED) is 0.630. The predicted octanol–water partition coefficient (Wildman–Crippen LogP) is -1.86. The fraction of sp³-hybridized carbons (Fsp3) is 1.00. The van der Waals surface area contributed by atoms with Gasteiger partial charge in [-0.2, -0.15) is 0 Å². The molecule has 0 aromatic rings. The Hall–Kier alpha value is -0.210. The van der Waals surface area contributed by atoms with Crippen LogP contribution in [0.1, 0.15) is 6.42 Å². The number of β-amino-alcohol motifs (C(OH)–C–C–N with tert-alkyl or cyclic N) is 1. The molecule has 2 saturated heterocycles. The first-order chi connectivity index (χ1) is 8.52. The van der Waals surface area contributed by atoms with Crippen LogP contribution in [0.5, 0.6) is 0 Å². The van der Waals surface area contributed by atoms with Gasteiger partial charge in [-0.15, -0.1) is 0 Å². The van der Waals surface area contributed by atoms with E-state index in [1.165, 1.54) is 0 Å². The minimum atomic E-state index is -3.07. The molecule has 0 aromatic heterocycles. The SMILES string of the molecule is O=S1(=O)CC(O)C(N2CCCN(CCO)CC2)C1. The Morgan fingerprint density at radius 3 is 2.50 bits per heavy atom. The first kappa shape index (κ1) is 14.2. The molecule has 0 amide bonds. The maximum absolute atomic E-state index is 11.5. The fourth-order valence-electron chi connectivity index (χ4n) is 2.85. The second-order valence-electron chi connectivity index (χ2n) is 5.17. The summed E-state index contributed by atoms with van der Waals surface area (Å²) in [6.07, 6.45) is 0.197. The molecule has 2 unspecified atom stereocenters. The Bertz CT molecular complexity index is 373. The number of aliphatic hydroxyl groups is 2. The molecular formula is C11H22N2O4S. The lowest BCUT2D eigenvalue weighted by atomic mass is 10.2. The molecule has 2 heterocycles. The lowest BCUT2D eigenvalue weighted by Gasteiger charge is -2.28. The van der Waals surface area contributed by atoms with Gasteiger partial charge in [-0.3, -0.25) is 9.80 Å². The third-order valence-electron chi connectivity index (χ3n) is 3.80. The van der Waals surface area contributed by atoms with Gasteiger partial charge >= 0.3 is 0 Å². The summed E-state index contributed by atoms with van der Waals surface area (Å²) in [5.74, 6) is -0.0251. The van der Waals surface area contributed by atoms with Gasteiger partial charge in [0.1, 0.15) is 0 Å². The number of aliphatic hydroxyl groups excluding tert-OH is 2. The third-order valence-corrected chi connectivity index (χ3v) is 5.50. The first-order valence-electron chi connectivity index (χ1n) is 6.47. The summed E-state index contributed by atoms with van der Waals surface area (Å²) in [6, 6.07) is -0.246. The number of rotatable bonds is 3. The van der Waals surface area contributed by atoms with E-state index in [0.29, 0.717) is 6.54 Å². The van der Waals surface area contributed by atoms with E-state index in [0.717, 1.165) is 32.6 Å². The van der Waals surface area contributed by atoms with E-state index >= 15 is 0 Å². The minimum absolute atomic E-state index is 0.0775. The van der Waals surface area contributed by atoms with Crippen molar-refractivity contribution in [1.82, 2.24) is 9.80 Å². The molecule has 2 N–H and O–H groups in total. The van der Waals surface area contributed by atoms with Gasteiger partial charge in [0.05, 0.1) is 30.3 Å². The molecule has 0 aliphatic carbocycles. The van der Waals surface area contributed by atoms with E-state index in [2.05, 4.69) is 9.80 Å². The summed E-state index contributed by atoms with van der Waals surface area (Å²) in [5, 5.41) is 18.8. The van der Waals surface area contributed by atoms with Crippen LogP contribution in [-0.4, -0.2) is 91.4 Å². The van der Waals surface area contributed by atoms with Crippen LogP contribution >= 0.6 is 0 Å². The highest BCUT2D eigenvalue weighted by molar-refractivity contribution is 7.91. The monoisotopic (exact) mass is 278 g/mol. The largest absolute Gasteiger partial charge is 0.395 e. The van der Waals surface area contributed by atoms with E-state index < -0.39 is 15.9 Å². The maximum atomic E-state index is 11.5. The summed E-state index contributed by atoms with van der Waals surface area (Å²) in [4.78, 5) is 4.27. The van der Waals surface area contributed by atoms with E-state index in [9.17, 15) is 13.5 Å². The fourth-order valence-corrected chi connectivity index (χ4v) is 4.68. The molecule has 2 rings (SSSR count). The van der Waals surface area contributed by atoms with Gasteiger partial charge in [-0.1, -0.05) is 0 Å². The summed E-state index contributed by atoms with van der Waals surface area (Å²) >= 11 is 0.